The number of piperidine rings is 1. The zero-order valence-electron chi connectivity index (χ0n) is 11.2. The summed E-state index contributed by atoms with van der Waals surface area (Å²) in [6.07, 6.45) is 3.03. The van der Waals surface area contributed by atoms with Gasteiger partial charge >= 0.3 is 0 Å². The largest absolute Gasteiger partial charge is 0.352 e. The van der Waals surface area contributed by atoms with E-state index in [2.05, 4.69) is 22.9 Å². The van der Waals surface area contributed by atoms with Crippen molar-refractivity contribution in [2.24, 2.45) is 11.8 Å². The Balaban J connectivity index is 1.76. The maximum absolute atomic E-state index is 12.0. The predicted molar refractivity (Wildman–Crippen MR) is 68.9 cm³/mol. The van der Waals surface area contributed by atoms with E-state index in [0.717, 1.165) is 25.8 Å². The van der Waals surface area contributed by atoms with Gasteiger partial charge in [-0.2, -0.15) is 0 Å². The second-order valence-corrected chi connectivity index (χ2v) is 5.71. The maximum Gasteiger partial charge on any atom is 0.242 e. The minimum atomic E-state index is -0.435. The molecule has 0 spiro atoms. The van der Waals surface area contributed by atoms with E-state index in [1.165, 1.54) is 0 Å². The SMILES string of the molecule is CC1CNCC(C(=O)NC(C)C(=O)NC2CC2)C1. The molecule has 5 nitrogen and oxygen atoms in total. The highest BCUT2D eigenvalue weighted by Crippen LogP contribution is 2.19. The molecule has 1 saturated carbocycles. The Bertz CT molecular complexity index is 328. The van der Waals surface area contributed by atoms with Crippen molar-refractivity contribution in [2.75, 3.05) is 13.1 Å². The molecular weight excluding hydrogens is 230 g/mol. The number of rotatable bonds is 4. The summed E-state index contributed by atoms with van der Waals surface area (Å²) < 4.78 is 0. The van der Waals surface area contributed by atoms with Crippen molar-refractivity contribution >= 4 is 11.8 Å². The normalized spacial score (nSPS) is 29.4. The molecule has 0 radical (unpaired) electrons. The summed E-state index contributed by atoms with van der Waals surface area (Å²) in [5, 5.41) is 8.96. The monoisotopic (exact) mass is 253 g/mol. The fourth-order valence-corrected chi connectivity index (χ4v) is 2.31. The van der Waals surface area contributed by atoms with E-state index in [0.29, 0.717) is 18.5 Å². The molecular formula is C13H23N3O2. The van der Waals surface area contributed by atoms with Crippen LogP contribution in [0.1, 0.15) is 33.1 Å². The molecule has 2 rings (SSSR count). The van der Waals surface area contributed by atoms with Crippen molar-refractivity contribution in [2.45, 2.75) is 45.2 Å². The molecule has 3 atom stereocenters. The van der Waals surface area contributed by atoms with Gasteiger partial charge in [0.2, 0.25) is 11.8 Å². The lowest BCUT2D eigenvalue weighted by Gasteiger charge is -2.27. The minimum Gasteiger partial charge on any atom is -0.352 e. The van der Waals surface area contributed by atoms with Gasteiger partial charge < -0.3 is 16.0 Å². The highest BCUT2D eigenvalue weighted by Gasteiger charge is 2.29. The van der Waals surface area contributed by atoms with Gasteiger partial charge in [0, 0.05) is 12.6 Å². The molecule has 1 saturated heterocycles. The van der Waals surface area contributed by atoms with Crippen LogP contribution in [0, 0.1) is 11.8 Å². The number of carbonyl (C=O) groups is 2. The van der Waals surface area contributed by atoms with Gasteiger partial charge in [-0.1, -0.05) is 6.92 Å². The quantitative estimate of drug-likeness (QED) is 0.661. The van der Waals surface area contributed by atoms with E-state index in [9.17, 15) is 9.59 Å². The summed E-state index contributed by atoms with van der Waals surface area (Å²) in [4.78, 5) is 23.8. The number of amides is 2. The van der Waals surface area contributed by atoms with Crippen LogP contribution >= 0.6 is 0 Å². The molecule has 0 aromatic heterocycles. The zero-order chi connectivity index (χ0) is 13.1. The van der Waals surface area contributed by atoms with E-state index in [1.54, 1.807) is 6.92 Å². The Morgan fingerprint density at radius 3 is 2.61 bits per heavy atom. The van der Waals surface area contributed by atoms with E-state index < -0.39 is 6.04 Å². The Hall–Kier alpha value is -1.10. The van der Waals surface area contributed by atoms with Crippen molar-refractivity contribution in [1.29, 1.82) is 0 Å². The predicted octanol–water partition coefficient (Wildman–Crippen LogP) is 0.0153. The Morgan fingerprint density at radius 1 is 1.28 bits per heavy atom. The van der Waals surface area contributed by atoms with Crippen LogP contribution < -0.4 is 16.0 Å². The molecule has 1 aliphatic carbocycles. The van der Waals surface area contributed by atoms with Crippen LogP contribution in [0.4, 0.5) is 0 Å². The van der Waals surface area contributed by atoms with Gasteiger partial charge in [0.1, 0.15) is 6.04 Å². The van der Waals surface area contributed by atoms with Gasteiger partial charge in [0.15, 0.2) is 0 Å². The summed E-state index contributed by atoms with van der Waals surface area (Å²) in [6, 6.07) is -0.0939. The molecule has 18 heavy (non-hydrogen) atoms. The zero-order valence-corrected chi connectivity index (χ0v) is 11.2. The van der Waals surface area contributed by atoms with E-state index >= 15 is 0 Å². The standard InChI is InChI=1S/C13H23N3O2/c1-8-5-10(7-14-6-8)13(18)15-9(2)12(17)16-11-3-4-11/h8-11,14H,3-7H2,1-2H3,(H,15,18)(H,16,17). The van der Waals surface area contributed by atoms with Gasteiger partial charge in [-0.05, 0) is 38.6 Å². The highest BCUT2D eigenvalue weighted by atomic mass is 16.2. The van der Waals surface area contributed by atoms with Gasteiger partial charge in [0.25, 0.3) is 0 Å². The summed E-state index contributed by atoms with van der Waals surface area (Å²) in [5.41, 5.74) is 0. The van der Waals surface area contributed by atoms with Crippen LogP contribution in [0.15, 0.2) is 0 Å². The Labute approximate surface area is 108 Å². The molecule has 5 heteroatoms. The second-order valence-electron chi connectivity index (χ2n) is 5.71. The third-order valence-electron chi connectivity index (χ3n) is 3.62. The van der Waals surface area contributed by atoms with E-state index in [4.69, 9.17) is 0 Å². The molecule has 1 heterocycles. The fourth-order valence-electron chi connectivity index (χ4n) is 2.31. The summed E-state index contributed by atoms with van der Waals surface area (Å²) in [7, 11) is 0. The lowest BCUT2D eigenvalue weighted by molar-refractivity contribution is -0.131. The number of carbonyl (C=O) groups excluding carboxylic acids is 2. The number of nitrogens with one attached hydrogen (secondary N) is 3. The molecule has 1 aliphatic heterocycles. The molecule has 0 bridgehead atoms. The summed E-state index contributed by atoms with van der Waals surface area (Å²) in [6.45, 7) is 5.57. The molecule has 2 fully saturated rings. The highest BCUT2D eigenvalue weighted by molar-refractivity contribution is 5.88. The lowest BCUT2D eigenvalue weighted by atomic mass is 9.91. The molecule has 2 aliphatic rings. The third kappa shape index (κ3) is 3.70. The van der Waals surface area contributed by atoms with Gasteiger partial charge in [0.05, 0.1) is 5.92 Å². The van der Waals surface area contributed by atoms with Crippen molar-refractivity contribution < 1.29 is 9.59 Å². The van der Waals surface area contributed by atoms with Crippen molar-refractivity contribution in [3.8, 4) is 0 Å². The van der Waals surface area contributed by atoms with Crippen molar-refractivity contribution in [3.63, 3.8) is 0 Å². The molecule has 3 N–H and O–H groups in total. The first-order valence-corrected chi connectivity index (χ1v) is 6.87. The molecule has 0 aromatic carbocycles. The lowest BCUT2D eigenvalue weighted by Crippen LogP contribution is -2.50. The first kappa shape index (κ1) is 13.3. The average Bonchev–Trinajstić information content (AvgIpc) is 3.12. The van der Waals surface area contributed by atoms with Crippen molar-refractivity contribution in [1.82, 2.24) is 16.0 Å². The molecule has 3 unspecified atom stereocenters. The number of hydrogen-bond donors (Lipinski definition) is 3. The van der Waals surface area contributed by atoms with Crippen LogP contribution in [0.2, 0.25) is 0 Å². The van der Waals surface area contributed by atoms with Crippen LogP contribution in [-0.4, -0.2) is 37.0 Å². The molecule has 2 amide bonds. The fraction of sp³-hybridized carbons (Fsp3) is 0.846. The average molecular weight is 253 g/mol. The minimum absolute atomic E-state index is 0.00695. The summed E-state index contributed by atoms with van der Waals surface area (Å²) in [5.74, 6) is 0.435. The third-order valence-corrected chi connectivity index (χ3v) is 3.62. The first-order valence-electron chi connectivity index (χ1n) is 6.87. The first-order chi connectivity index (χ1) is 8.56. The van der Waals surface area contributed by atoms with Crippen LogP contribution in [-0.2, 0) is 9.59 Å². The smallest absolute Gasteiger partial charge is 0.242 e. The van der Waals surface area contributed by atoms with Crippen LogP contribution in [0.3, 0.4) is 0 Å². The summed E-state index contributed by atoms with van der Waals surface area (Å²) >= 11 is 0. The van der Waals surface area contributed by atoms with Gasteiger partial charge in [-0.3, -0.25) is 9.59 Å². The van der Waals surface area contributed by atoms with E-state index in [1.807, 2.05) is 0 Å². The Morgan fingerprint density at radius 2 is 2.00 bits per heavy atom. The van der Waals surface area contributed by atoms with Crippen LogP contribution in [0.25, 0.3) is 0 Å². The molecule has 102 valence electrons. The van der Waals surface area contributed by atoms with Gasteiger partial charge in [-0.25, -0.2) is 0 Å². The van der Waals surface area contributed by atoms with Crippen molar-refractivity contribution in [3.05, 3.63) is 0 Å². The molecule has 0 aromatic rings. The maximum atomic E-state index is 12.0. The van der Waals surface area contributed by atoms with Crippen LogP contribution in [0.5, 0.6) is 0 Å². The topological polar surface area (TPSA) is 70.2 Å². The van der Waals surface area contributed by atoms with Gasteiger partial charge in [-0.15, -0.1) is 0 Å². The van der Waals surface area contributed by atoms with E-state index in [-0.39, 0.29) is 17.7 Å². The number of hydrogen-bond acceptors (Lipinski definition) is 3. The second kappa shape index (κ2) is 5.69. The Kier molecular flexibility index (Phi) is 4.22.